The van der Waals surface area contributed by atoms with Crippen LogP contribution in [0, 0.1) is 11.8 Å². The third-order valence-corrected chi connectivity index (χ3v) is 13.2. The van der Waals surface area contributed by atoms with E-state index in [1.807, 2.05) is 0 Å². The number of hydrogen-bond donors (Lipinski definition) is 0. The average Bonchev–Trinajstić information content (AvgIpc) is 3.27. The van der Waals surface area contributed by atoms with Gasteiger partial charge in [0, 0.05) is 19.3 Å². The van der Waals surface area contributed by atoms with Crippen LogP contribution in [0.5, 0.6) is 0 Å². The highest BCUT2D eigenvalue weighted by Crippen LogP contribution is 2.18. The summed E-state index contributed by atoms with van der Waals surface area (Å²) >= 11 is 0. The standard InChI is InChI=1S/C58H112O6/c1-6-7-8-9-10-11-12-13-21-25-28-35-40-45-50-58(61)64-55(52-63-57(60)49-44-39-34-30-29-32-37-42-47-54(4)5)51-62-56(59)48-43-38-33-27-24-22-19-17-15-14-16-18-20-23-26-31-36-41-46-53(2)3/h53-55H,6-52H2,1-5H3/t55-/m0/s1. The third-order valence-electron chi connectivity index (χ3n) is 13.2. The molecule has 64 heavy (non-hydrogen) atoms. The van der Waals surface area contributed by atoms with Crippen molar-refractivity contribution < 1.29 is 28.6 Å². The summed E-state index contributed by atoms with van der Waals surface area (Å²) in [5, 5.41) is 0. The molecule has 0 saturated carbocycles. The fraction of sp³-hybridized carbons (Fsp3) is 0.948. The van der Waals surface area contributed by atoms with E-state index in [0.717, 1.165) is 69.6 Å². The molecule has 0 aliphatic heterocycles. The van der Waals surface area contributed by atoms with Crippen molar-refractivity contribution in [1.29, 1.82) is 0 Å². The van der Waals surface area contributed by atoms with E-state index in [4.69, 9.17) is 14.2 Å². The number of unbranched alkanes of at least 4 members (excludes halogenated alkanes) is 37. The average molecular weight is 906 g/mol. The van der Waals surface area contributed by atoms with E-state index in [1.165, 1.54) is 212 Å². The molecule has 0 bridgehead atoms. The number of ether oxygens (including phenoxy) is 3. The summed E-state index contributed by atoms with van der Waals surface area (Å²) < 4.78 is 16.9. The summed E-state index contributed by atoms with van der Waals surface area (Å²) in [5.41, 5.74) is 0. The van der Waals surface area contributed by atoms with Gasteiger partial charge in [0.15, 0.2) is 6.10 Å². The number of carbonyl (C=O) groups excluding carboxylic acids is 3. The maximum Gasteiger partial charge on any atom is 0.306 e. The minimum absolute atomic E-state index is 0.0631. The van der Waals surface area contributed by atoms with Gasteiger partial charge in [-0.25, -0.2) is 0 Å². The van der Waals surface area contributed by atoms with Gasteiger partial charge in [0.05, 0.1) is 0 Å². The molecule has 0 rings (SSSR count). The Labute approximate surface area is 399 Å². The van der Waals surface area contributed by atoms with E-state index >= 15 is 0 Å². The summed E-state index contributed by atoms with van der Waals surface area (Å²) in [6.45, 7) is 11.4. The molecule has 6 nitrogen and oxygen atoms in total. The van der Waals surface area contributed by atoms with Gasteiger partial charge < -0.3 is 14.2 Å². The maximum absolute atomic E-state index is 12.8. The lowest BCUT2D eigenvalue weighted by Gasteiger charge is -2.18. The Morgan fingerprint density at radius 2 is 0.516 bits per heavy atom. The van der Waals surface area contributed by atoms with Gasteiger partial charge in [-0.15, -0.1) is 0 Å². The zero-order valence-electron chi connectivity index (χ0n) is 43.9. The minimum Gasteiger partial charge on any atom is -0.462 e. The Bertz CT molecular complexity index is 978. The summed E-state index contributed by atoms with van der Waals surface area (Å²) in [6.07, 6.45) is 53.9. The van der Waals surface area contributed by atoms with Crippen LogP contribution in [0.3, 0.4) is 0 Å². The smallest absolute Gasteiger partial charge is 0.306 e. The fourth-order valence-electron chi connectivity index (χ4n) is 8.87. The minimum atomic E-state index is -0.762. The highest BCUT2D eigenvalue weighted by Gasteiger charge is 2.19. The zero-order valence-corrected chi connectivity index (χ0v) is 43.9. The zero-order chi connectivity index (χ0) is 46.8. The second-order valence-electron chi connectivity index (χ2n) is 20.9. The summed E-state index contributed by atoms with van der Waals surface area (Å²) in [4.78, 5) is 38.1. The van der Waals surface area contributed by atoms with Gasteiger partial charge in [-0.05, 0) is 31.1 Å². The number of rotatable bonds is 52. The van der Waals surface area contributed by atoms with Crippen molar-refractivity contribution >= 4 is 17.9 Å². The molecule has 0 aliphatic rings. The van der Waals surface area contributed by atoms with E-state index in [2.05, 4.69) is 34.6 Å². The van der Waals surface area contributed by atoms with Crippen LogP contribution < -0.4 is 0 Å². The van der Waals surface area contributed by atoms with Crippen LogP contribution in [0.1, 0.15) is 324 Å². The first-order valence-corrected chi connectivity index (χ1v) is 28.7. The normalized spacial score (nSPS) is 12.0. The molecule has 0 heterocycles. The first kappa shape index (κ1) is 62.4. The second kappa shape index (κ2) is 50.8. The van der Waals surface area contributed by atoms with Crippen molar-refractivity contribution in [1.82, 2.24) is 0 Å². The molecule has 0 aromatic rings. The van der Waals surface area contributed by atoms with Gasteiger partial charge in [-0.3, -0.25) is 14.4 Å². The van der Waals surface area contributed by atoms with E-state index in [9.17, 15) is 14.4 Å². The van der Waals surface area contributed by atoms with Crippen LogP contribution >= 0.6 is 0 Å². The molecule has 0 radical (unpaired) electrons. The Kier molecular flexibility index (Phi) is 49.6. The Balaban J connectivity index is 4.22. The van der Waals surface area contributed by atoms with E-state index in [0.29, 0.717) is 19.3 Å². The monoisotopic (exact) mass is 905 g/mol. The molecule has 0 saturated heterocycles. The molecule has 380 valence electrons. The highest BCUT2D eigenvalue weighted by molar-refractivity contribution is 5.71. The maximum atomic E-state index is 12.8. The van der Waals surface area contributed by atoms with Crippen molar-refractivity contribution in [2.45, 2.75) is 330 Å². The highest BCUT2D eigenvalue weighted by atomic mass is 16.6. The molecule has 6 heteroatoms. The van der Waals surface area contributed by atoms with Gasteiger partial charge in [0.1, 0.15) is 13.2 Å². The van der Waals surface area contributed by atoms with Crippen molar-refractivity contribution in [3.05, 3.63) is 0 Å². The summed E-state index contributed by atoms with van der Waals surface area (Å²) in [5.74, 6) is 0.813. The van der Waals surface area contributed by atoms with Crippen LogP contribution in [-0.2, 0) is 28.6 Å². The molecule has 0 fully saturated rings. The molecule has 0 aromatic heterocycles. The molecular formula is C58H112O6. The van der Waals surface area contributed by atoms with Gasteiger partial charge >= 0.3 is 17.9 Å². The fourth-order valence-corrected chi connectivity index (χ4v) is 8.87. The van der Waals surface area contributed by atoms with Crippen LogP contribution in [0.15, 0.2) is 0 Å². The number of esters is 3. The van der Waals surface area contributed by atoms with Gasteiger partial charge in [0.2, 0.25) is 0 Å². The Morgan fingerprint density at radius 3 is 0.766 bits per heavy atom. The quantitative estimate of drug-likeness (QED) is 0.0344. The van der Waals surface area contributed by atoms with Crippen molar-refractivity contribution in [2.24, 2.45) is 11.8 Å². The second-order valence-corrected chi connectivity index (χ2v) is 20.9. The number of hydrogen-bond acceptors (Lipinski definition) is 6. The van der Waals surface area contributed by atoms with Crippen molar-refractivity contribution in [3.8, 4) is 0 Å². The molecule has 0 amide bonds. The summed E-state index contributed by atoms with van der Waals surface area (Å²) in [6, 6.07) is 0. The van der Waals surface area contributed by atoms with Crippen LogP contribution in [-0.4, -0.2) is 37.2 Å². The SMILES string of the molecule is CCCCCCCCCCCCCCCCC(=O)O[C@@H](COC(=O)CCCCCCCCCCCCCCCCCCCCC(C)C)COC(=O)CCCCCCCCCCC(C)C. The van der Waals surface area contributed by atoms with Gasteiger partial charge in [-0.1, -0.05) is 285 Å². The van der Waals surface area contributed by atoms with Gasteiger partial charge in [0.25, 0.3) is 0 Å². The molecule has 0 N–H and O–H groups in total. The van der Waals surface area contributed by atoms with Crippen LogP contribution in [0.4, 0.5) is 0 Å². The molecule has 0 unspecified atom stereocenters. The molecule has 0 aromatic carbocycles. The Morgan fingerprint density at radius 1 is 0.297 bits per heavy atom. The van der Waals surface area contributed by atoms with Crippen molar-refractivity contribution in [2.75, 3.05) is 13.2 Å². The molecule has 0 spiro atoms. The first-order chi connectivity index (χ1) is 31.2. The largest absolute Gasteiger partial charge is 0.462 e. The first-order valence-electron chi connectivity index (χ1n) is 28.7. The van der Waals surface area contributed by atoms with Crippen LogP contribution in [0.2, 0.25) is 0 Å². The van der Waals surface area contributed by atoms with Crippen LogP contribution in [0.25, 0.3) is 0 Å². The lowest BCUT2D eigenvalue weighted by atomic mass is 10.0. The molecular weight excluding hydrogens is 793 g/mol. The summed E-state index contributed by atoms with van der Waals surface area (Å²) in [7, 11) is 0. The predicted octanol–water partition coefficient (Wildman–Crippen LogP) is 18.9. The third kappa shape index (κ3) is 51.4. The topological polar surface area (TPSA) is 78.9 Å². The molecule has 0 aliphatic carbocycles. The lowest BCUT2D eigenvalue weighted by molar-refractivity contribution is -0.167. The number of carbonyl (C=O) groups is 3. The lowest BCUT2D eigenvalue weighted by Crippen LogP contribution is -2.30. The Hall–Kier alpha value is -1.59. The van der Waals surface area contributed by atoms with E-state index < -0.39 is 6.10 Å². The van der Waals surface area contributed by atoms with Crippen molar-refractivity contribution in [3.63, 3.8) is 0 Å². The van der Waals surface area contributed by atoms with Gasteiger partial charge in [-0.2, -0.15) is 0 Å². The van der Waals surface area contributed by atoms with E-state index in [-0.39, 0.29) is 31.1 Å². The van der Waals surface area contributed by atoms with E-state index in [1.54, 1.807) is 0 Å². The predicted molar refractivity (Wildman–Crippen MR) is 275 cm³/mol. The molecule has 1 atom stereocenters.